The lowest BCUT2D eigenvalue weighted by atomic mass is 9.83. The molecule has 0 aromatic carbocycles. The van der Waals surface area contributed by atoms with Gasteiger partial charge < -0.3 is 98.2 Å². The second-order valence-corrected chi connectivity index (χ2v) is 37.2. The molecule has 4 aromatic heterocycles. The van der Waals surface area contributed by atoms with Crippen LogP contribution in [0.2, 0.25) is 0 Å². The van der Waals surface area contributed by atoms with Crippen LogP contribution >= 0.6 is 0 Å². The number of aryl methyl sites for hydroxylation is 4. The highest BCUT2D eigenvalue weighted by Gasteiger charge is 2.41. The van der Waals surface area contributed by atoms with Crippen LogP contribution in [0.3, 0.4) is 0 Å². The Labute approximate surface area is 797 Å². The number of primary amides is 1. The van der Waals surface area contributed by atoms with Crippen molar-refractivity contribution in [1.82, 2.24) is 102 Å². The molecule has 4 fully saturated rings. The lowest BCUT2D eigenvalue weighted by Crippen LogP contribution is -2.53. The Kier molecular flexibility index (Phi) is 44.9. The van der Waals surface area contributed by atoms with E-state index in [4.69, 9.17) is 34.4 Å². The number of amides is 13. The van der Waals surface area contributed by atoms with Gasteiger partial charge in [-0.2, -0.15) is 0 Å². The summed E-state index contributed by atoms with van der Waals surface area (Å²) < 4.78 is 3.98. The summed E-state index contributed by atoms with van der Waals surface area (Å²) in [6.07, 6.45) is 7.94. The van der Waals surface area contributed by atoms with E-state index in [0.29, 0.717) is 148 Å². The van der Waals surface area contributed by atoms with Crippen LogP contribution < -0.4 is 143 Å². The third-order valence-electron chi connectivity index (χ3n) is 26.1. The third-order valence-corrected chi connectivity index (χ3v) is 26.1. The summed E-state index contributed by atoms with van der Waals surface area (Å²) in [6.45, 7) is 6.92. The number of unbranched alkanes of at least 4 members (excludes halogenated alkanes) is 4. The van der Waals surface area contributed by atoms with E-state index in [1.54, 1.807) is 0 Å². The number of hydrogen-bond donors (Lipinski definition) is 22. The van der Waals surface area contributed by atoms with Gasteiger partial charge in [0.2, 0.25) is 76.8 Å². The van der Waals surface area contributed by atoms with Crippen molar-refractivity contribution in [3.05, 3.63) is 130 Å². The van der Waals surface area contributed by atoms with Gasteiger partial charge in [-0.3, -0.25) is 120 Å². The Hall–Kier alpha value is -12.4. The van der Waals surface area contributed by atoms with E-state index in [9.17, 15) is 101 Å². The molecule has 4 saturated carbocycles. The van der Waals surface area contributed by atoms with Gasteiger partial charge in [0.05, 0.1) is 49.4 Å². The van der Waals surface area contributed by atoms with Gasteiger partial charge in [-0.15, -0.1) is 0 Å². The van der Waals surface area contributed by atoms with Crippen molar-refractivity contribution < 1.29 is 62.3 Å². The number of hydrogen-bond acceptors (Lipinski definition) is 26. The zero-order valence-corrected chi connectivity index (χ0v) is 79.6. The zero-order chi connectivity index (χ0) is 101. The summed E-state index contributed by atoms with van der Waals surface area (Å²) in [5, 5.41) is 34.4. The van der Waals surface area contributed by atoms with Gasteiger partial charge in [-0.25, -0.2) is 19.2 Å². The quantitative estimate of drug-likeness (QED) is 0.0196. The fourth-order valence-corrected chi connectivity index (χ4v) is 18.6. The largest absolute Gasteiger partial charge is 0.370 e. The molecule has 0 aliphatic heterocycles. The molecule has 0 saturated heterocycles. The summed E-state index contributed by atoms with van der Waals surface area (Å²) in [6, 6.07) is -6.38. The molecule has 28 N–H and O–H groups in total. The topological polar surface area (TPSA) is 742 Å². The first-order chi connectivity index (χ1) is 65.8. The van der Waals surface area contributed by atoms with Crippen LogP contribution in [-0.2, 0) is 62.3 Å². The number of carbonyl (C=O) groups is 13. The van der Waals surface area contributed by atoms with Crippen molar-refractivity contribution in [2.75, 3.05) is 32.7 Å². The number of nitrogens with one attached hydrogen (secondary N) is 16. The highest BCUT2D eigenvalue weighted by Crippen LogP contribution is 2.31. The van der Waals surface area contributed by atoms with Crippen molar-refractivity contribution in [3.8, 4) is 0 Å². The van der Waals surface area contributed by atoms with E-state index in [0.717, 1.165) is 18.3 Å². The SMILES string of the molecule is Cc1cn([C@@H](CC(=O)N[C@@H]2CCCC[C@H]2C(=O)NCCC(N)=O)NC(=O)C[C@@H](CCCCN)NC(=O)[C@@H]2CCCC[C@H]2NC(=O)C[C@@H](NC(=O)C[C@@H](CCCCN)NC(=O)[C@@H]2CCCC[C@H]2NC(=O)C[C@@H](NC(=O)C[C@@H](CCCCN)NC(=O)[C@@H]2CCCC[C@H]2NC(=O)C[C@@H](NC(=O)C[C@H](N)CCCCN)n2cc(C)c(=O)[nH]c2=O)n2cc(C)c(=O)[nH]c2=O)n2cc(C)c(=O)[nH]c2=O)c(=O)[nH]c1=O. The van der Waals surface area contributed by atoms with Crippen LogP contribution in [0.15, 0.2) is 63.1 Å². The summed E-state index contributed by atoms with van der Waals surface area (Å²) in [5.41, 5.74) is 28.5. The van der Waals surface area contributed by atoms with Crippen LogP contribution in [0.25, 0.3) is 0 Å². The lowest BCUT2D eigenvalue weighted by Gasteiger charge is -2.33. The number of aromatic amines is 4. The average Bonchev–Trinajstić information content (AvgIpc) is 0.809. The monoisotopic (exact) mass is 1940 g/mol. The minimum atomic E-state index is -1.50. The molecule has 47 nitrogen and oxygen atoms in total. The maximum absolute atomic E-state index is 14.9. The Bertz CT molecular complexity index is 5370. The molecule has 764 valence electrons. The molecule has 47 heteroatoms. The molecular weight excluding hydrogens is 1790 g/mol. The normalized spacial score (nSPS) is 19.9. The lowest BCUT2D eigenvalue weighted by molar-refractivity contribution is -0.132. The number of nitrogens with zero attached hydrogens (tertiary/aromatic N) is 4. The molecule has 0 spiro atoms. The fourth-order valence-electron chi connectivity index (χ4n) is 18.6. The summed E-state index contributed by atoms with van der Waals surface area (Å²) in [5.74, 6) is -11.5. The van der Waals surface area contributed by atoms with Crippen molar-refractivity contribution in [3.63, 3.8) is 0 Å². The summed E-state index contributed by atoms with van der Waals surface area (Å²) in [4.78, 5) is 297. The molecule has 4 heterocycles. The molecule has 138 heavy (non-hydrogen) atoms. The van der Waals surface area contributed by atoms with Crippen LogP contribution in [-0.4, -0.2) is 196 Å². The van der Waals surface area contributed by atoms with Crippen LogP contribution in [0, 0.1) is 51.4 Å². The van der Waals surface area contributed by atoms with Crippen LogP contribution in [0.1, 0.15) is 284 Å². The van der Waals surface area contributed by atoms with Gasteiger partial charge in [0.25, 0.3) is 22.2 Å². The Balaban J connectivity index is 0.927. The van der Waals surface area contributed by atoms with Crippen LogP contribution in [0.5, 0.6) is 0 Å². The van der Waals surface area contributed by atoms with Gasteiger partial charge in [-0.1, -0.05) is 77.0 Å². The summed E-state index contributed by atoms with van der Waals surface area (Å²) in [7, 11) is 0. The summed E-state index contributed by atoms with van der Waals surface area (Å²) >= 11 is 0. The predicted molar refractivity (Wildman–Crippen MR) is 508 cm³/mol. The van der Waals surface area contributed by atoms with E-state index in [1.807, 2.05) is 0 Å². The molecule has 0 unspecified atom stereocenters. The van der Waals surface area contributed by atoms with E-state index in [1.165, 1.54) is 52.5 Å². The maximum Gasteiger partial charge on any atom is 0.330 e. The molecule has 8 rings (SSSR count). The molecular formula is C91H144N26O21. The number of nitrogens with two attached hydrogens (primary N) is 6. The Morgan fingerprint density at radius 1 is 0.319 bits per heavy atom. The zero-order valence-electron chi connectivity index (χ0n) is 79.6. The van der Waals surface area contributed by atoms with Gasteiger partial charge in [0.15, 0.2) is 0 Å². The van der Waals surface area contributed by atoms with E-state index < -0.39 is 257 Å². The van der Waals surface area contributed by atoms with Crippen molar-refractivity contribution >= 4 is 76.8 Å². The van der Waals surface area contributed by atoms with Gasteiger partial charge in [0, 0.05) is 134 Å². The Morgan fingerprint density at radius 2 is 0.558 bits per heavy atom. The molecule has 0 radical (unpaired) electrons. The smallest absolute Gasteiger partial charge is 0.330 e. The predicted octanol–water partition coefficient (Wildman–Crippen LogP) is -3.01. The number of aromatic nitrogens is 8. The van der Waals surface area contributed by atoms with E-state index >= 15 is 0 Å². The van der Waals surface area contributed by atoms with Gasteiger partial charge in [-0.05, 0) is 157 Å². The Morgan fingerprint density at radius 3 is 0.812 bits per heavy atom. The molecule has 16 atom stereocenters. The number of rotatable bonds is 54. The highest BCUT2D eigenvalue weighted by atomic mass is 16.2. The molecule has 13 amide bonds. The van der Waals surface area contributed by atoms with Gasteiger partial charge >= 0.3 is 22.8 Å². The van der Waals surface area contributed by atoms with E-state index in [2.05, 4.69) is 83.7 Å². The minimum absolute atomic E-state index is 0.00426. The second-order valence-electron chi connectivity index (χ2n) is 37.2. The first kappa shape index (κ1) is 111. The standard InChI is InChI=1S/C91H144N26O21/c1-51-47-114(88(135)110-80(51)127)68(106-72(119)39-55(96)21-13-17-34-92)43-77(124)103-64-30-10-6-26-60(64)85(132)99-57(23-15-19-36-94)41-74(121)108-70(116-49-53(3)82(129)112-90(116)137)45-79(126)105-66-32-12-8-28-62(66)87(134)101-58(24-16-20-37-95)42-75(122)109-71(117-50-54(4)83(130)113-91(117)138)46-78(125)104-65-31-11-7-27-61(65)86(133)100-56(22-14-18-35-93)40-73(120)107-69(115-48-52(2)81(128)111-89(115)136)44-76(123)102-63-29-9-5-25-59(63)84(131)98-38-33-67(97)118/h47-50,55-66,68-71H,5-46,92-96H2,1-4H3,(H2,97,118)(H,98,131)(H,99,132)(H,100,133)(H,101,134)(H,102,123)(H,103,124)(H,104,125)(H,105,126)(H,106,119)(H,107,120)(H,108,121)(H,109,122)(H,110,127,135)(H,111,128,136)(H,112,129,137)(H,113,130,138)/t55-,56-,57-,58-,59-,60-,61-,62-,63-,64-,65-,66-,68+,69+,70+,71+/m1/s1. The van der Waals surface area contributed by atoms with Crippen molar-refractivity contribution in [2.24, 2.45) is 58.1 Å². The van der Waals surface area contributed by atoms with Crippen molar-refractivity contribution in [1.29, 1.82) is 0 Å². The third kappa shape index (κ3) is 35.3. The van der Waals surface area contributed by atoms with Crippen LogP contribution in [0.4, 0.5) is 0 Å². The van der Waals surface area contributed by atoms with Crippen molar-refractivity contribution in [2.45, 2.75) is 338 Å². The first-order valence-electron chi connectivity index (χ1n) is 48.5. The number of carbonyl (C=O) groups excluding carboxylic acids is 13. The average molecular weight is 1940 g/mol. The molecule has 4 aromatic rings. The fraction of sp³-hybridized carbons (Fsp3) is 0.681. The second kappa shape index (κ2) is 55.9. The maximum atomic E-state index is 14.9. The molecule has 4 aliphatic rings. The van der Waals surface area contributed by atoms with Gasteiger partial charge in [0.1, 0.15) is 24.7 Å². The van der Waals surface area contributed by atoms with E-state index in [-0.39, 0.29) is 106 Å². The first-order valence-corrected chi connectivity index (χ1v) is 48.5. The number of H-pyrrole nitrogens is 4. The minimum Gasteiger partial charge on any atom is -0.370 e. The molecule has 4 aliphatic carbocycles. The highest BCUT2D eigenvalue weighted by molar-refractivity contribution is 5.88. The molecule has 0 bridgehead atoms.